The van der Waals surface area contributed by atoms with Gasteiger partial charge in [0.05, 0.1) is 29.0 Å². The van der Waals surface area contributed by atoms with Crippen molar-refractivity contribution in [2.45, 2.75) is 38.9 Å². The molecule has 3 aromatic rings. The molecule has 2 N–H and O–H groups in total. The second kappa shape index (κ2) is 5.38. The first-order chi connectivity index (χ1) is 12.2. The van der Waals surface area contributed by atoms with Crippen molar-refractivity contribution in [3.05, 3.63) is 39.7 Å². The van der Waals surface area contributed by atoms with Gasteiger partial charge in [0, 0.05) is 12.5 Å². The summed E-state index contributed by atoms with van der Waals surface area (Å²) in [6.45, 7) is 5.18. The molecule has 1 aliphatic heterocycles. The smallest absolute Gasteiger partial charge is 0.343 e. The van der Waals surface area contributed by atoms with Crippen LogP contribution >= 0.6 is 0 Å². The van der Waals surface area contributed by atoms with E-state index in [0.29, 0.717) is 33.2 Å². The molecule has 6 heteroatoms. The summed E-state index contributed by atoms with van der Waals surface area (Å²) in [5.74, 6) is 0.901. The summed E-state index contributed by atoms with van der Waals surface area (Å²) in [5.41, 5.74) is -0.0730. The Morgan fingerprint density at radius 3 is 2.62 bits per heavy atom. The molecule has 6 nitrogen and oxygen atoms in total. The van der Waals surface area contributed by atoms with Gasteiger partial charge in [-0.2, -0.15) is 0 Å². The van der Waals surface area contributed by atoms with Crippen LogP contribution in [0.1, 0.15) is 25.0 Å². The predicted molar refractivity (Wildman–Crippen MR) is 97.4 cm³/mol. The lowest BCUT2D eigenvalue weighted by Crippen LogP contribution is -2.39. The highest BCUT2D eigenvalue weighted by Crippen LogP contribution is 2.43. The van der Waals surface area contributed by atoms with Crippen LogP contribution in [0.4, 0.5) is 0 Å². The average molecular weight is 356 g/mol. The molecule has 0 aliphatic carbocycles. The Bertz CT molecular complexity index is 1100. The van der Waals surface area contributed by atoms with E-state index in [9.17, 15) is 15.0 Å². The van der Waals surface area contributed by atoms with Crippen LogP contribution < -0.4 is 15.1 Å². The summed E-state index contributed by atoms with van der Waals surface area (Å²) in [7, 11) is 1.52. The number of ether oxygens (including phenoxy) is 2. The van der Waals surface area contributed by atoms with Crippen LogP contribution in [0.3, 0.4) is 0 Å². The van der Waals surface area contributed by atoms with E-state index in [-0.39, 0.29) is 17.8 Å². The largest absolute Gasteiger partial charge is 0.507 e. The topological polar surface area (TPSA) is 89.1 Å². The van der Waals surface area contributed by atoms with Crippen LogP contribution in [0.5, 0.6) is 17.2 Å². The minimum Gasteiger partial charge on any atom is -0.507 e. The summed E-state index contributed by atoms with van der Waals surface area (Å²) in [6, 6.07) is 5.14. The van der Waals surface area contributed by atoms with Gasteiger partial charge in [-0.25, -0.2) is 4.79 Å². The Morgan fingerprint density at radius 1 is 1.23 bits per heavy atom. The zero-order valence-corrected chi connectivity index (χ0v) is 15.0. The normalized spacial score (nSPS) is 16.7. The molecular formula is C20H20O6. The zero-order valence-electron chi connectivity index (χ0n) is 15.0. The zero-order chi connectivity index (χ0) is 18.8. The third kappa shape index (κ3) is 2.33. The van der Waals surface area contributed by atoms with E-state index in [0.717, 1.165) is 5.56 Å². The standard InChI is InChI=1S/C20H20O6/c1-9-5-10-6-11(24-4)7-13(21)16(10)18-15(9)17-12(19(22)26-18)8-14(25-17)20(2,3)23/h5-7,14,21,23H,8H2,1-4H3/t14-/m0/s1. The van der Waals surface area contributed by atoms with Crippen molar-refractivity contribution in [3.8, 4) is 17.2 Å². The molecule has 4 rings (SSSR count). The van der Waals surface area contributed by atoms with Crippen LogP contribution in [0.25, 0.3) is 21.7 Å². The first kappa shape index (κ1) is 16.7. The maximum atomic E-state index is 12.6. The van der Waals surface area contributed by atoms with Gasteiger partial charge in [0.2, 0.25) is 0 Å². The van der Waals surface area contributed by atoms with Crippen molar-refractivity contribution in [1.29, 1.82) is 0 Å². The molecule has 26 heavy (non-hydrogen) atoms. The summed E-state index contributed by atoms with van der Waals surface area (Å²) in [6.07, 6.45) is -0.256. The highest BCUT2D eigenvalue weighted by atomic mass is 16.5. The van der Waals surface area contributed by atoms with Crippen molar-refractivity contribution in [3.63, 3.8) is 0 Å². The van der Waals surface area contributed by atoms with Crippen LogP contribution in [-0.4, -0.2) is 29.0 Å². The summed E-state index contributed by atoms with van der Waals surface area (Å²) < 4.78 is 16.8. The summed E-state index contributed by atoms with van der Waals surface area (Å²) in [4.78, 5) is 12.6. The number of hydrogen-bond donors (Lipinski definition) is 2. The van der Waals surface area contributed by atoms with Crippen molar-refractivity contribution in [2.24, 2.45) is 0 Å². The van der Waals surface area contributed by atoms with Crippen molar-refractivity contribution >= 4 is 21.7 Å². The lowest BCUT2D eigenvalue weighted by atomic mass is 9.96. The van der Waals surface area contributed by atoms with E-state index in [1.165, 1.54) is 13.2 Å². The highest BCUT2D eigenvalue weighted by Gasteiger charge is 2.38. The lowest BCUT2D eigenvalue weighted by Gasteiger charge is -2.24. The molecule has 0 bridgehead atoms. The van der Waals surface area contributed by atoms with E-state index in [2.05, 4.69) is 0 Å². The molecule has 0 radical (unpaired) electrons. The van der Waals surface area contributed by atoms with Gasteiger partial charge < -0.3 is 24.1 Å². The third-order valence-corrected chi connectivity index (χ3v) is 4.96. The molecule has 136 valence electrons. The molecule has 1 aromatic heterocycles. The van der Waals surface area contributed by atoms with E-state index < -0.39 is 17.3 Å². The molecule has 2 heterocycles. The predicted octanol–water partition coefficient (Wildman–Crippen LogP) is 3.04. The number of phenols is 1. The molecule has 0 unspecified atom stereocenters. The molecular weight excluding hydrogens is 336 g/mol. The number of phenolic OH excluding ortho intramolecular Hbond substituents is 1. The molecule has 1 aliphatic rings. The second-order valence-corrected chi connectivity index (χ2v) is 7.30. The number of benzene rings is 2. The van der Waals surface area contributed by atoms with Gasteiger partial charge in [-0.05, 0) is 37.8 Å². The fraction of sp³-hybridized carbons (Fsp3) is 0.350. The number of fused-ring (bicyclic) bond motifs is 5. The molecule has 0 saturated heterocycles. The molecule has 0 fully saturated rings. The minimum absolute atomic E-state index is 0.0375. The van der Waals surface area contributed by atoms with Gasteiger partial charge in [0.15, 0.2) is 5.58 Å². The number of aryl methyl sites for hydroxylation is 1. The number of rotatable bonds is 2. The maximum Gasteiger partial charge on any atom is 0.343 e. The monoisotopic (exact) mass is 356 g/mol. The van der Waals surface area contributed by atoms with Crippen LogP contribution in [0, 0.1) is 6.92 Å². The van der Waals surface area contributed by atoms with Gasteiger partial charge >= 0.3 is 5.63 Å². The quantitative estimate of drug-likeness (QED) is 0.542. The van der Waals surface area contributed by atoms with Gasteiger partial charge in [-0.1, -0.05) is 6.07 Å². The van der Waals surface area contributed by atoms with Crippen molar-refractivity contribution < 1.29 is 24.1 Å². The second-order valence-electron chi connectivity index (χ2n) is 7.30. The van der Waals surface area contributed by atoms with E-state index in [1.54, 1.807) is 19.9 Å². The average Bonchev–Trinajstić information content (AvgIpc) is 3.00. The Kier molecular flexibility index (Phi) is 3.46. The molecule has 2 aromatic carbocycles. The first-order valence-corrected chi connectivity index (χ1v) is 8.39. The van der Waals surface area contributed by atoms with Crippen LogP contribution in [0.2, 0.25) is 0 Å². The van der Waals surface area contributed by atoms with Crippen molar-refractivity contribution in [2.75, 3.05) is 7.11 Å². The number of methoxy groups -OCH3 is 1. The fourth-order valence-electron chi connectivity index (χ4n) is 3.56. The van der Waals surface area contributed by atoms with E-state index in [4.69, 9.17) is 13.9 Å². The Balaban J connectivity index is 2.09. The summed E-state index contributed by atoms with van der Waals surface area (Å²) >= 11 is 0. The highest BCUT2D eigenvalue weighted by molar-refractivity contribution is 6.11. The van der Waals surface area contributed by atoms with Gasteiger partial charge in [0.1, 0.15) is 23.4 Å². The van der Waals surface area contributed by atoms with Crippen LogP contribution in [0.15, 0.2) is 27.4 Å². The van der Waals surface area contributed by atoms with Gasteiger partial charge in [-0.3, -0.25) is 0 Å². The maximum absolute atomic E-state index is 12.6. The van der Waals surface area contributed by atoms with Crippen LogP contribution in [-0.2, 0) is 6.42 Å². The molecule has 1 atom stereocenters. The Morgan fingerprint density at radius 2 is 1.96 bits per heavy atom. The van der Waals surface area contributed by atoms with E-state index >= 15 is 0 Å². The number of aromatic hydroxyl groups is 1. The fourth-order valence-corrected chi connectivity index (χ4v) is 3.56. The number of hydrogen-bond acceptors (Lipinski definition) is 6. The van der Waals surface area contributed by atoms with Crippen molar-refractivity contribution in [1.82, 2.24) is 0 Å². The Labute approximate surface area is 149 Å². The Hall–Kier alpha value is -2.73. The minimum atomic E-state index is -1.10. The lowest BCUT2D eigenvalue weighted by molar-refractivity contribution is -0.0225. The SMILES string of the molecule is COc1cc(O)c2c(c1)cc(C)c1c3c(c(=O)oc12)C[C@@H](C(C)(C)O)O3. The molecule has 0 saturated carbocycles. The van der Waals surface area contributed by atoms with Gasteiger partial charge in [-0.15, -0.1) is 0 Å². The number of aliphatic hydroxyl groups is 1. The molecule has 0 spiro atoms. The molecule has 0 amide bonds. The third-order valence-electron chi connectivity index (χ3n) is 4.96. The summed E-state index contributed by atoms with van der Waals surface area (Å²) in [5, 5.41) is 22.5. The van der Waals surface area contributed by atoms with E-state index in [1.807, 2.05) is 13.0 Å². The van der Waals surface area contributed by atoms with Gasteiger partial charge in [0.25, 0.3) is 0 Å². The first-order valence-electron chi connectivity index (χ1n) is 8.39.